The normalized spacial score (nSPS) is 11.8. The summed E-state index contributed by atoms with van der Waals surface area (Å²) in [6.45, 7) is -1.43. The van der Waals surface area contributed by atoms with E-state index in [2.05, 4.69) is 15.4 Å². The van der Waals surface area contributed by atoms with Gasteiger partial charge < -0.3 is 20.5 Å². The van der Waals surface area contributed by atoms with Crippen LogP contribution in [-0.4, -0.2) is 29.8 Å². The Balaban J connectivity index is 2.73. The van der Waals surface area contributed by atoms with Crippen LogP contribution in [0, 0.1) is 0 Å². The number of carbonyl (C=O) groups excluding carboxylic acids is 1. The van der Waals surface area contributed by atoms with Crippen LogP contribution in [0.3, 0.4) is 0 Å². The van der Waals surface area contributed by atoms with Gasteiger partial charge in [-0.05, 0) is 18.6 Å². The van der Waals surface area contributed by atoms with Gasteiger partial charge in [-0.15, -0.1) is 0 Å². The van der Waals surface area contributed by atoms with E-state index in [1.807, 2.05) is 0 Å². The number of nitrogens with one attached hydrogen (secondary N) is 2. The lowest BCUT2D eigenvalue weighted by Gasteiger charge is -2.15. The predicted molar refractivity (Wildman–Crippen MR) is 66.9 cm³/mol. The minimum absolute atomic E-state index is 0.0190. The number of amides is 2. The summed E-state index contributed by atoms with van der Waals surface area (Å²) in [6.07, 6.45) is 0.192. The summed E-state index contributed by atoms with van der Waals surface area (Å²) in [5.41, 5.74) is 0.0190. The summed E-state index contributed by atoms with van der Waals surface area (Å²) in [5.74, 6) is -1.39. The molecule has 1 aromatic carbocycles. The highest BCUT2D eigenvalue weighted by Crippen LogP contribution is 2.25. The van der Waals surface area contributed by atoms with Gasteiger partial charge in [-0.25, -0.2) is 9.59 Å². The van der Waals surface area contributed by atoms with Crippen LogP contribution in [-0.2, 0) is 4.79 Å². The van der Waals surface area contributed by atoms with Crippen LogP contribution in [0.1, 0.15) is 13.3 Å². The molecule has 1 rings (SSSR count). The molecule has 0 heterocycles. The number of halogens is 2. The molecule has 0 aliphatic heterocycles. The van der Waals surface area contributed by atoms with Crippen molar-refractivity contribution in [1.29, 1.82) is 0 Å². The van der Waals surface area contributed by atoms with E-state index in [4.69, 9.17) is 5.11 Å². The second-order valence-electron chi connectivity index (χ2n) is 3.77. The molecule has 0 saturated heterocycles. The van der Waals surface area contributed by atoms with Crippen LogP contribution in [0.2, 0.25) is 0 Å². The molecule has 1 aromatic rings. The van der Waals surface area contributed by atoms with Gasteiger partial charge >= 0.3 is 18.6 Å². The first-order valence-electron chi connectivity index (χ1n) is 5.78. The van der Waals surface area contributed by atoms with E-state index >= 15 is 0 Å². The van der Waals surface area contributed by atoms with Crippen LogP contribution >= 0.6 is 0 Å². The van der Waals surface area contributed by atoms with Gasteiger partial charge in [0.1, 0.15) is 11.8 Å². The first-order valence-corrected chi connectivity index (χ1v) is 5.78. The van der Waals surface area contributed by atoms with Crippen LogP contribution < -0.4 is 15.4 Å². The van der Waals surface area contributed by atoms with Gasteiger partial charge in [0.2, 0.25) is 0 Å². The Hall–Kier alpha value is -2.38. The molecule has 6 nitrogen and oxygen atoms in total. The number of hydrogen-bond donors (Lipinski definition) is 3. The van der Waals surface area contributed by atoms with E-state index in [0.717, 1.165) is 0 Å². The summed E-state index contributed by atoms with van der Waals surface area (Å²) in [5, 5.41) is 13.3. The highest BCUT2D eigenvalue weighted by molar-refractivity contribution is 5.93. The Kier molecular flexibility index (Phi) is 5.70. The largest absolute Gasteiger partial charge is 0.480 e. The van der Waals surface area contributed by atoms with Crippen molar-refractivity contribution in [3.63, 3.8) is 0 Å². The first kappa shape index (κ1) is 15.7. The van der Waals surface area contributed by atoms with Crippen molar-refractivity contribution < 1.29 is 28.2 Å². The number of hydrogen-bond acceptors (Lipinski definition) is 3. The molecule has 0 fully saturated rings. The monoisotopic (exact) mass is 288 g/mol. The van der Waals surface area contributed by atoms with Gasteiger partial charge in [-0.2, -0.15) is 8.78 Å². The van der Waals surface area contributed by atoms with Gasteiger partial charge in [0.15, 0.2) is 0 Å². The molecule has 110 valence electrons. The number of urea groups is 1. The Morgan fingerprint density at radius 2 is 2.00 bits per heavy atom. The van der Waals surface area contributed by atoms with Crippen molar-refractivity contribution in [3.05, 3.63) is 24.3 Å². The number of aliphatic carboxylic acids is 1. The fourth-order valence-electron chi connectivity index (χ4n) is 1.42. The Morgan fingerprint density at radius 3 is 2.55 bits per heavy atom. The number of ether oxygens (including phenoxy) is 1. The van der Waals surface area contributed by atoms with Crippen LogP contribution in [0.4, 0.5) is 19.3 Å². The van der Waals surface area contributed by atoms with E-state index < -0.39 is 24.7 Å². The lowest BCUT2D eigenvalue weighted by molar-refractivity contribution is -0.139. The fraction of sp³-hybridized carbons (Fsp3) is 0.333. The van der Waals surface area contributed by atoms with Crippen molar-refractivity contribution in [2.75, 3.05) is 5.32 Å². The minimum Gasteiger partial charge on any atom is -0.480 e. The molecular formula is C12H14F2N2O4. The summed E-state index contributed by atoms with van der Waals surface area (Å²) in [7, 11) is 0. The molecule has 8 heteroatoms. The lowest BCUT2D eigenvalue weighted by Crippen LogP contribution is -2.42. The SMILES string of the molecule is CC[C@@H](NC(=O)Nc1ccccc1OC(F)F)C(=O)O. The number of anilines is 1. The molecule has 1 atom stereocenters. The van der Waals surface area contributed by atoms with E-state index in [1.165, 1.54) is 24.3 Å². The zero-order valence-electron chi connectivity index (χ0n) is 10.6. The van der Waals surface area contributed by atoms with Crippen LogP contribution in [0.25, 0.3) is 0 Å². The molecule has 0 aromatic heterocycles. The van der Waals surface area contributed by atoms with Crippen molar-refractivity contribution in [1.82, 2.24) is 5.32 Å². The summed E-state index contributed by atoms with van der Waals surface area (Å²) >= 11 is 0. The number of carbonyl (C=O) groups is 2. The molecule has 2 amide bonds. The number of carboxylic acid groups (broad SMARTS) is 1. The molecule has 3 N–H and O–H groups in total. The molecule has 0 saturated carbocycles. The Labute approximate surface area is 113 Å². The maximum atomic E-state index is 12.2. The quantitative estimate of drug-likeness (QED) is 0.749. The average molecular weight is 288 g/mol. The summed E-state index contributed by atoms with van der Waals surface area (Å²) in [6, 6.07) is 3.73. The standard InChI is InChI=1S/C12H14F2N2O4/c1-2-7(10(17)18)15-12(19)16-8-5-3-4-6-9(8)20-11(13)14/h3-7,11H,2H2,1H3,(H,17,18)(H2,15,16,19)/t7-/m1/s1. The van der Waals surface area contributed by atoms with E-state index in [-0.39, 0.29) is 17.9 Å². The molecule has 0 bridgehead atoms. The Bertz CT molecular complexity index is 482. The number of carboxylic acids is 1. The number of alkyl halides is 2. The van der Waals surface area contributed by atoms with E-state index in [9.17, 15) is 18.4 Å². The fourth-order valence-corrected chi connectivity index (χ4v) is 1.42. The van der Waals surface area contributed by atoms with Crippen molar-refractivity contribution >= 4 is 17.7 Å². The third-order valence-electron chi connectivity index (χ3n) is 2.36. The van der Waals surface area contributed by atoms with Crippen LogP contribution in [0.5, 0.6) is 5.75 Å². The second-order valence-corrected chi connectivity index (χ2v) is 3.77. The molecule has 0 aliphatic rings. The zero-order valence-corrected chi connectivity index (χ0v) is 10.6. The number of rotatable bonds is 6. The first-order chi connectivity index (χ1) is 9.43. The summed E-state index contributed by atoms with van der Waals surface area (Å²) in [4.78, 5) is 22.4. The molecule has 0 unspecified atom stereocenters. The third-order valence-corrected chi connectivity index (χ3v) is 2.36. The van der Waals surface area contributed by atoms with E-state index in [0.29, 0.717) is 0 Å². The Morgan fingerprint density at radius 1 is 1.35 bits per heavy atom. The van der Waals surface area contributed by atoms with Crippen molar-refractivity contribution in [3.8, 4) is 5.75 Å². The van der Waals surface area contributed by atoms with Gasteiger partial charge in [0.25, 0.3) is 0 Å². The number of para-hydroxylation sites is 2. The van der Waals surface area contributed by atoms with E-state index in [1.54, 1.807) is 6.92 Å². The highest BCUT2D eigenvalue weighted by atomic mass is 19.3. The maximum Gasteiger partial charge on any atom is 0.387 e. The highest BCUT2D eigenvalue weighted by Gasteiger charge is 2.18. The van der Waals surface area contributed by atoms with Gasteiger partial charge in [-0.3, -0.25) is 0 Å². The second kappa shape index (κ2) is 7.27. The van der Waals surface area contributed by atoms with Crippen molar-refractivity contribution in [2.24, 2.45) is 0 Å². The van der Waals surface area contributed by atoms with Crippen molar-refractivity contribution in [2.45, 2.75) is 26.0 Å². The zero-order chi connectivity index (χ0) is 15.1. The molecule has 20 heavy (non-hydrogen) atoms. The molecule has 0 spiro atoms. The topological polar surface area (TPSA) is 87.7 Å². The van der Waals surface area contributed by atoms with Gasteiger partial charge in [0.05, 0.1) is 5.69 Å². The van der Waals surface area contributed by atoms with Gasteiger partial charge in [0, 0.05) is 0 Å². The minimum atomic E-state index is -3.02. The molecule has 0 aliphatic carbocycles. The summed E-state index contributed by atoms with van der Waals surface area (Å²) < 4.78 is 28.6. The average Bonchev–Trinajstić information content (AvgIpc) is 2.37. The van der Waals surface area contributed by atoms with Crippen LogP contribution in [0.15, 0.2) is 24.3 Å². The maximum absolute atomic E-state index is 12.2. The third kappa shape index (κ3) is 4.71. The molecule has 0 radical (unpaired) electrons. The lowest BCUT2D eigenvalue weighted by atomic mass is 10.2. The smallest absolute Gasteiger partial charge is 0.387 e. The molecular weight excluding hydrogens is 274 g/mol. The van der Waals surface area contributed by atoms with Gasteiger partial charge in [-0.1, -0.05) is 19.1 Å². The number of benzene rings is 1. The predicted octanol–water partition coefficient (Wildman–Crippen LogP) is 2.27.